The van der Waals surface area contributed by atoms with Crippen molar-refractivity contribution in [2.24, 2.45) is 5.92 Å². The third-order valence-electron chi connectivity index (χ3n) is 4.94. The number of ether oxygens (including phenoxy) is 1. The average Bonchev–Trinajstić information content (AvgIpc) is 2.73. The van der Waals surface area contributed by atoms with Crippen LogP contribution < -0.4 is 11.2 Å². The van der Waals surface area contributed by atoms with Crippen molar-refractivity contribution in [3.63, 3.8) is 0 Å². The van der Waals surface area contributed by atoms with E-state index in [9.17, 15) is 14.4 Å². The number of benzene rings is 2. The molecule has 158 valence electrons. The van der Waals surface area contributed by atoms with Crippen LogP contribution in [0.3, 0.4) is 0 Å². The van der Waals surface area contributed by atoms with Crippen LogP contribution in [0.25, 0.3) is 21.7 Å². The van der Waals surface area contributed by atoms with Gasteiger partial charge in [0.2, 0.25) is 0 Å². The van der Waals surface area contributed by atoms with Crippen LogP contribution in [0.5, 0.6) is 0 Å². The average molecular weight is 418 g/mol. The van der Waals surface area contributed by atoms with Crippen LogP contribution in [0.15, 0.2) is 62.5 Å². The zero-order chi connectivity index (χ0) is 22.1. The number of esters is 1. The predicted octanol–water partition coefficient (Wildman–Crippen LogP) is 3.82. The van der Waals surface area contributed by atoms with E-state index in [0.717, 1.165) is 5.56 Å². The normalized spacial score (nSPS) is 11.4. The first-order valence-corrected chi connectivity index (χ1v) is 10.0. The maximum absolute atomic E-state index is 13.0. The molecule has 0 unspecified atom stereocenters. The Hall–Kier alpha value is -3.74. The molecule has 0 saturated heterocycles. The summed E-state index contributed by atoms with van der Waals surface area (Å²) < 4.78 is 12.1. The van der Waals surface area contributed by atoms with Crippen LogP contribution in [-0.4, -0.2) is 15.7 Å². The SMILES string of the molecule is Cc1ccc2c(COC(=O)c3nn(CC(C)C)c(=O)c4ccccc34)cc(=O)oc2c1. The van der Waals surface area contributed by atoms with Crippen LogP contribution in [-0.2, 0) is 17.9 Å². The van der Waals surface area contributed by atoms with Crippen LogP contribution in [0, 0.1) is 12.8 Å². The van der Waals surface area contributed by atoms with E-state index in [-0.39, 0.29) is 23.8 Å². The topological polar surface area (TPSA) is 91.4 Å². The Morgan fingerprint density at radius 1 is 1.06 bits per heavy atom. The summed E-state index contributed by atoms with van der Waals surface area (Å²) >= 11 is 0. The molecule has 2 aromatic carbocycles. The van der Waals surface area contributed by atoms with E-state index in [4.69, 9.17) is 9.15 Å². The minimum atomic E-state index is -0.665. The predicted molar refractivity (Wildman–Crippen MR) is 117 cm³/mol. The molecule has 31 heavy (non-hydrogen) atoms. The lowest BCUT2D eigenvalue weighted by atomic mass is 10.1. The Labute approximate surface area is 177 Å². The molecule has 0 amide bonds. The van der Waals surface area contributed by atoms with Crippen LogP contribution >= 0.6 is 0 Å². The molecule has 0 bridgehead atoms. The molecule has 0 spiro atoms. The molecular formula is C24H22N2O5. The first-order valence-electron chi connectivity index (χ1n) is 10.0. The number of hydrogen-bond donors (Lipinski definition) is 0. The van der Waals surface area contributed by atoms with Gasteiger partial charge in [-0.25, -0.2) is 14.3 Å². The number of aromatic nitrogens is 2. The zero-order valence-electron chi connectivity index (χ0n) is 17.5. The van der Waals surface area contributed by atoms with E-state index < -0.39 is 11.6 Å². The van der Waals surface area contributed by atoms with Crippen molar-refractivity contribution in [3.8, 4) is 0 Å². The number of rotatable bonds is 5. The van der Waals surface area contributed by atoms with Gasteiger partial charge in [0.1, 0.15) is 12.2 Å². The maximum atomic E-state index is 13.0. The third-order valence-corrected chi connectivity index (χ3v) is 4.94. The summed E-state index contributed by atoms with van der Waals surface area (Å²) in [5.41, 5.74) is 1.24. The summed E-state index contributed by atoms with van der Waals surface area (Å²) in [5.74, 6) is -0.490. The van der Waals surface area contributed by atoms with Crippen LogP contribution in [0.4, 0.5) is 0 Å². The smallest absolute Gasteiger partial charge is 0.359 e. The summed E-state index contributed by atoms with van der Waals surface area (Å²) in [7, 11) is 0. The van der Waals surface area contributed by atoms with Crippen molar-refractivity contribution < 1.29 is 13.9 Å². The number of nitrogens with zero attached hydrogens (tertiary/aromatic N) is 2. The van der Waals surface area contributed by atoms with Crippen molar-refractivity contribution in [2.45, 2.75) is 33.9 Å². The van der Waals surface area contributed by atoms with Gasteiger partial charge in [-0.2, -0.15) is 5.10 Å². The van der Waals surface area contributed by atoms with Gasteiger partial charge < -0.3 is 9.15 Å². The molecule has 7 heteroatoms. The largest absolute Gasteiger partial charge is 0.456 e. The Morgan fingerprint density at radius 3 is 2.55 bits per heavy atom. The molecule has 2 aromatic heterocycles. The molecule has 0 radical (unpaired) electrons. The summed E-state index contributed by atoms with van der Waals surface area (Å²) in [4.78, 5) is 37.6. The molecule has 7 nitrogen and oxygen atoms in total. The molecule has 0 N–H and O–H groups in total. The molecule has 4 rings (SSSR count). The molecule has 0 aliphatic heterocycles. The van der Waals surface area contributed by atoms with Crippen molar-refractivity contribution in [1.82, 2.24) is 9.78 Å². The first-order chi connectivity index (χ1) is 14.8. The molecule has 0 saturated carbocycles. The standard InChI is InChI=1S/C24H22N2O5/c1-14(2)12-26-23(28)19-7-5-4-6-18(19)22(25-26)24(29)30-13-16-11-21(27)31-20-10-15(3)8-9-17(16)20/h4-11,14H,12-13H2,1-3H3. The fourth-order valence-electron chi connectivity index (χ4n) is 3.52. The second kappa shape index (κ2) is 8.18. The van der Waals surface area contributed by atoms with Crippen LogP contribution in [0.1, 0.15) is 35.5 Å². The van der Waals surface area contributed by atoms with E-state index in [1.165, 1.54) is 10.7 Å². The van der Waals surface area contributed by atoms with E-state index in [1.807, 2.05) is 32.9 Å². The van der Waals surface area contributed by atoms with E-state index in [0.29, 0.717) is 33.8 Å². The highest BCUT2D eigenvalue weighted by atomic mass is 16.5. The molecule has 4 aromatic rings. The lowest BCUT2D eigenvalue weighted by molar-refractivity contribution is 0.0466. The Kier molecular flexibility index (Phi) is 5.42. The Balaban J connectivity index is 1.71. The zero-order valence-corrected chi connectivity index (χ0v) is 17.5. The highest BCUT2D eigenvalue weighted by Crippen LogP contribution is 2.20. The van der Waals surface area contributed by atoms with Crippen molar-refractivity contribution >= 4 is 27.7 Å². The second-order valence-electron chi connectivity index (χ2n) is 7.94. The number of fused-ring (bicyclic) bond motifs is 2. The second-order valence-corrected chi connectivity index (χ2v) is 7.94. The molecule has 0 fully saturated rings. The number of aryl methyl sites for hydroxylation is 1. The van der Waals surface area contributed by atoms with E-state index in [2.05, 4.69) is 5.10 Å². The minimum Gasteiger partial charge on any atom is -0.456 e. The fourth-order valence-corrected chi connectivity index (χ4v) is 3.52. The van der Waals surface area contributed by atoms with E-state index in [1.54, 1.807) is 30.3 Å². The lowest BCUT2D eigenvalue weighted by Gasteiger charge is -2.12. The maximum Gasteiger partial charge on any atom is 0.359 e. The summed E-state index contributed by atoms with van der Waals surface area (Å²) in [6.07, 6.45) is 0. The number of carbonyl (C=O) groups excluding carboxylic acids is 1. The summed E-state index contributed by atoms with van der Waals surface area (Å²) in [6.45, 7) is 6.09. The highest BCUT2D eigenvalue weighted by molar-refractivity contribution is 6.02. The summed E-state index contributed by atoms with van der Waals surface area (Å²) in [6, 6.07) is 13.6. The Morgan fingerprint density at radius 2 is 1.81 bits per heavy atom. The molecule has 2 heterocycles. The fraction of sp³-hybridized carbons (Fsp3) is 0.250. The Bertz CT molecular complexity index is 1420. The van der Waals surface area contributed by atoms with Crippen molar-refractivity contribution in [1.29, 1.82) is 0 Å². The van der Waals surface area contributed by atoms with Gasteiger partial charge in [-0.05, 0) is 30.5 Å². The van der Waals surface area contributed by atoms with Crippen LogP contribution in [0.2, 0.25) is 0 Å². The molecular weight excluding hydrogens is 396 g/mol. The quantitative estimate of drug-likeness (QED) is 0.361. The number of carbonyl (C=O) groups is 1. The summed E-state index contributed by atoms with van der Waals surface area (Å²) in [5, 5.41) is 5.83. The molecule has 0 atom stereocenters. The van der Waals surface area contributed by atoms with Gasteiger partial charge in [0.05, 0.1) is 5.39 Å². The van der Waals surface area contributed by atoms with Gasteiger partial charge in [0.15, 0.2) is 5.69 Å². The lowest BCUT2D eigenvalue weighted by Crippen LogP contribution is -2.28. The van der Waals surface area contributed by atoms with Crippen molar-refractivity contribution in [3.05, 3.63) is 86.1 Å². The van der Waals surface area contributed by atoms with Gasteiger partial charge in [-0.3, -0.25) is 4.79 Å². The van der Waals surface area contributed by atoms with Gasteiger partial charge in [-0.15, -0.1) is 0 Å². The monoisotopic (exact) mass is 418 g/mol. The molecule has 0 aliphatic carbocycles. The van der Waals surface area contributed by atoms with Gasteiger partial charge in [-0.1, -0.05) is 44.2 Å². The molecule has 0 aliphatic rings. The van der Waals surface area contributed by atoms with Gasteiger partial charge in [0.25, 0.3) is 5.56 Å². The highest BCUT2D eigenvalue weighted by Gasteiger charge is 2.19. The number of hydrogen-bond acceptors (Lipinski definition) is 6. The van der Waals surface area contributed by atoms with E-state index >= 15 is 0 Å². The van der Waals surface area contributed by atoms with Gasteiger partial charge >= 0.3 is 11.6 Å². The third kappa shape index (κ3) is 4.12. The van der Waals surface area contributed by atoms with Crippen molar-refractivity contribution in [2.75, 3.05) is 0 Å². The first kappa shape index (κ1) is 20.5. The minimum absolute atomic E-state index is 0.0685. The van der Waals surface area contributed by atoms with Gasteiger partial charge in [0, 0.05) is 28.9 Å².